The van der Waals surface area contributed by atoms with Gasteiger partial charge in [-0.3, -0.25) is 4.79 Å². The van der Waals surface area contributed by atoms with Crippen molar-refractivity contribution in [2.75, 3.05) is 0 Å². The number of nitrogens with zero attached hydrogens (tertiary/aromatic N) is 1. The summed E-state index contributed by atoms with van der Waals surface area (Å²) in [6, 6.07) is 17.9. The van der Waals surface area contributed by atoms with Gasteiger partial charge in [0.05, 0.1) is 12.1 Å². The second-order valence-corrected chi connectivity index (χ2v) is 5.37. The first-order valence-corrected chi connectivity index (χ1v) is 7.65. The Hall–Kier alpha value is -2.42. The minimum absolute atomic E-state index is 0.0908. The molecule has 2 rings (SSSR count). The third-order valence-electron chi connectivity index (χ3n) is 3.39. The van der Waals surface area contributed by atoms with Crippen molar-refractivity contribution < 1.29 is 4.79 Å². The predicted octanol–water partition coefficient (Wildman–Crippen LogP) is 3.86. The second kappa shape index (κ2) is 8.13. The zero-order valence-corrected chi connectivity index (χ0v) is 13.2. The van der Waals surface area contributed by atoms with E-state index < -0.39 is 0 Å². The third kappa shape index (κ3) is 4.85. The van der Waals surface area contributed by atoms with Crippen LogP contribution in [0.1, 0.15) is 36.5 Å². The van der Waals surface area contributed by atoms with E-state index in [2.05, 4.69) is 36.5 Å². The van der Waals surface area contributed by atoms with Crippen LogP contribution in [-0.2, 0) is 11.2 Å². The first-order valence-electron chi connectivity index (χ1n) is 7.65. The Bertz CT molecular complexity index is 630. The van der Waals surface area contributed by atoms with Crippen LogP contribution in [0.3, 0.4) is 0 Å². The maximum atomic E-state index is 12.0. The highest BCUT2D eigenvalue weighted by molar-refractivity contribution is 6.01. The minimum atomic E-state index is -0.0908. The van der Waals surface area contributed by atoms with Gasteiger partial charge in [0.2, 0.25) is 5.91 Å². The molecule has 0 saturated heterocycles. The third-order valence-corrected chi connectivity index (χ3v) is 3.39. The van der Waals surface area contributed by atoms with Gasteiger partial charge in [0.25, 0.3) is 0 Å². The van der Waals surface area contributed by atoms with E-state index in [0.29, 0.717) is 6.42 Å². The Morgan fingerprint density at radius 2 is 1.73 bits per heavy atom. The Morgan fingerprint density at radius 3 is 2.36 bits per heavy atom. The van der Waals surface area contributed by atoms with Crippen LogP contribution in [0.25, 0.3) is 0 Å². The first-order chi connectivity index (χ1) is 10.7. The van der Waals surface area contributed by atoms with Crippen molar-refractivity contribution in [2.24, 2.45) is 5.10 Å². The largest absolute Gasteiger partial charge is 0.273 e. The molecule has 3 heteroatoms. The number of rotatable bonds is 6. The average Bonchev–Trinajstić information content (AvgIpc) is 2.53. The molecule has 22 heavy (non-hydrogen) atoms. The summed E-state index contributed by atoms with van der Waals surface area (Å²) in [6.45, 7) is 4.16. The SMILES string of the molecule is CCCC(=NNC(=O)Cc1ccccc1)c1ccc(C)cc1. The van der Waals surface area contributed by atoms with Crippen LogP contribution >= 0.6 is 0 Å². The number of carbonyl (C=O) groups is 1. The van der Waals surface area contributed by atoms with Gasteiger partial charge < -0.3 is 0 Å². The lowest BCUT2D eigenvalue weighted by atomic mass is 10.0. The smallest absolute Gasteiger partial charge is 0.244 e. The Kier molecular flexibility index (Phi) is 5.90. The molecule has 0 fully saturated rings. The molecule has 1 N–H and O–H groups in total. The Balaban J connectivity index is 2.03. The molecule has 0 atom stereocenters. The van der Waals surface area contributed by atoms with Gasteiger partial charge in [0.15, 0.2) is 0 Å². The molecule has 0 radical (unpaired) electrons. The van der Waals surface area contributed by atoms with Crippen LogP contribution in [-0.4, -0.2) is 11.6 Å². The number of nitrogens with one attached hydrogen (secondary N) is 1. The van der Waals surface area contributed by atoms with Crippen molar-refractivity contribution in [3.63, 3.8) is 0 Å². The molecular formula is C19H22N2O. The summed E-state index contributed by atoms with van der Waals surface area (Å²) >= 11 is 0. The Morgan fingerprint density at radius 1 is 1.05 bits per heavy atom. The van der Waals surface area contributed by atoms with Crippen molar-refractivity contribution in [3.8, 4) is 0 Å². The molecule has 0 unspecified atom stereocenters. The van der Waals surface area contributed by atoms with Gasteiger partial charge in [0, 0.05) is 0 Å². The quantitative estimate of drug-likeness (QED) is 0.638. The van der Waals surface area contributed by atoms with Gasteiger partial charge >= 0.3 is 0 Å². The highest BCUT2D eigenvalue weighted by Crippen LogP contribution is 2.08. The van der Waals surface area contributed by atoms with Crippen LogP contribution in [0.15, 0.2) is 59.7 Å². The lowest BCUT2D eigenvalue weighted by Gasteiger charge is -2.07. The number of hydrogen-bond donors (Lipinski definition) is 1. The summed E-state index contributed by atoms with van der Waals surface area (Å²) < 4.78 is 0. The van der Waals surface area contributed by atoms with Crippen molar-refractivity contribution in [3.05, 3.63) is 71.3 Å². The monoisotopic (exact) mass is 294 g/mol. The van der Waals surface area contributed by atoms with E-state index in [0.717, 1.165) is 29.7 Å². The molecule has 0 aliphatic carbocycles. The van der Waals surface area contributed by atoms with E-state index in [9.17, 15) is 4.79 Å². The summed E-state index contributed by atoms with van der Waals surface area (Å²) in [4.78, 5) is 12.0. The fourth-order valence-electron chi connectivity index (χ4n) is 2.20. The highest BCUT2D eigenvalue weighted by Gasteiger charge is 2.05. The molecule has 3 nitrogen and oxygen atoms in total. The van der Waals surface area contributed by atoms with E-state index in [-0.39, 0.29) is 5.91 Å². The van der Waals surface area contributed by atoms with E-state index in [1.807, 2.05) is 42.5 Å². The first kappa shape index (κ1) is 16.0. The molecular weight excluding hydrogens is 272 g/mol. The van der Waals surface area contributed by atoms with Gasteiger partial charge in [-0.1, -0.05) is 73.5 Å². The van der Waals surface area contributed by atoms with Crippen LogP contribution in [0.5, 0.6) is 0 Å². The van der Waals surface area contributed by atoms with Crippen LogP contribution in [0.4, 0.5) is 0 Å². The molecule has 2 aromatic carbocycles. The average molecular weight is 294 g/mol. The molecule has 0 heterocycles. The number of benzene rings is 2. The lowest BCUT2D eigenvalue weighted by molar-refractivity contribution is -0.120. The molecule has 0 aromatic heterocycles. The molecule has 1 amide bonds. The predicted molar refractivity (Wildman–Crippen MR) is 90.9 cm³/mol. The molecule has 0 saturated carbocycles. The summed E-state index contributed by atoms with van der Waals surface area (Å²) in [5.74, 6) is -0.0908. The minimum Gasteiger partial charge on any atom is -0.273 e. The fraction of sp³-hybridized carbons (Fsp3) is 0.263. The number of carbonyl (C=O) groups excluding carboxylic acids is 1. The maximum absolute atomic E-state index is 12.0. The Labute approximate surface area is 132 Å². The molecule has 0 spiro atoms. The zero-order chi connectivity index (χ0) is 15.8. The van der Waals surface area contributed by atoms with Crippen LogP contribution in [0.2, 0.25) is 0 Å². The van der Waals surface area contributed by atoms with E-state index in [1.54, 1.807) is 0 Å². The molecule has 0 aliphatic rings. The van der Waals surface area contributed by atoms with Crippen LogP contribution < -0.4 is 5.43 Å². The standard InChI is InChI=1S/C19H22N2O/c1-3-7-18(17-12-10-15(2)11-13-17)20-21-19(22)14-16-8-5-4-6-9-16/h4-6,8-13H,3,7,14H2,1-2H3,(H,21,22). The van der Waals surface area contributed by atoms with Gasteiger partial charge in [0.1, 0.15) is 0 Å². The number of amides is 1. The highest BCUT2D eigenvalue weighted by atomic mass is 16.2. The van der Waals surface area contributed by atoms with Gasteiger partial charge in [-0.15, -0.1) is 0 Å². The second-order valence-electron chi connectivity index (χ2n) is 5.37. The van der Waals surface area contributed by atoms with Gasteiger partial charge in [-0.2, -0.15) is 5.10 Å². The number of hydrogen-bond acceptors (Lipinski definition) is 2. The summed E-state index contributed by atoms with van der Waals surface area (Å²) in [7, 11) is 0. The molecule has 0 aliphatic heterocycles. The summed E-state index contributed by atoms with van der Waals surface area (Å²) in [6.07, 6.45) is 2.17. The molecule has 0 bridgehead atoms. The van der Waals surface area contributed by atoms with Gasteiger partial charge in [-0.25, -0.2) is 5.43 Å². The summed E-state index contributed by atoms with van der Waals surface area (Å²) in [5.41, 5.74) is 6.86. The zero-order valence-electron chi connectivity index (χ0n) is 13.2. The molecule has 114 valence electrons. The topological polar surface area (TPSA) is 41.5 Å². The summed E-state index contributed by atoms with van der Waals surface area (Å²) in [5, 5.41) is 4.33. The van der Waals surface area contributed by atoms with Crippen molar-refractivity contribution in [1.29, 1.82) is 0 Å². The normalized spacial score (nSPS) is 11.3. The fourth-order valence-corrected chi connectivity index (χ4v) is 2.20. The van der Waals surface area contributed by atoms with Crippen molar-refractivity contribution >= 4 is 11.6 Å². The van der Waals surface area contributed by atoms with Crippen molar-refractivity contribution in [2.45, 2.75) is 33.1 Å². The van der Waals surface area contributed by atoms with E-state index in [1.165, 1.54) is 5.56 Å². The number of hydrazone groups is 1. The van der Waals surface area contributed by atoms with Crippen LogP contribution in [0, 0.1) is 6.92 Å². The number of aryl methyl sites for hydroxylation is 1. The molecule has 2 aromatic rings. The van der Waals surface area contributed by atoms with E-state index in [4.69, 9.17) is 0 Å². The van der Waals surface area contributed by atoms with Crippen molar-refractivity contribution in [1.82, 2.24) is 5.43 Å². The van der Waals surface area contributed by atoms with Gasteiger partial charge in [-0.05, 0) is 24.5 Å². The lowest BCUT2D eigenvalue weighted by Crippen LogP contribution is -2.22. The maximum Gasteiger partial charge on any atom is 0.244 e. The van der Waals surface area contributed by atoms with E-state index >= 15 is 0 Å².